The molecule has 0 bridgehead atoms. The molecule has 0 atom stereocenters. The van der Waals surface area contributed by atoms with Crippen molar-refractivity contribution in [1.29, 1.82) is 0 Å². The minimum absolute atomic E-state index is 0.429. The van der Waals surface area contributed by atoms with E-state index in [0.29, 0.717) is 23.3 Å². The molecule has 0 amide bonds. The second kappa shape index (κ2) is 5.85. The van der Waals surface area contributed by atoms with Crippen LogP contribution in [0.4, 0.5) is 5.82 Å². The molecule has 5 heteroatoms. The number of hydrogen-bond donors (Lipinski definition) is 2. The first-order valence-electron chi connectivity index (χ1n) is 6.55. The maximum atomic E-state index is 10.5. The lowest BCUT2D eigenvalue weighted by atomic mass is 9.94. The molecule has 0 saturated heterocycles. The monoisotopic (exact) mass is 269 g/mol. The summed E-state index contributed by atoms with van der Waals surface area (Å²) in [5.74, 6) is 1.32. The molecule has 1 saturated carbocycles. The van der Waals surface area contributed by atoms with Crippen molar-refractivity contribution in [3.63, 3.8) is 0 Å². The summed E-state index contributed by atoms with van der Waals surface area (Å²) >= 11 is 5.88. The van der Waals surface area contributed by atoms with Crippen LogP contribution in [0, 0.1) is 6.92 Å². The van der Waals surface area contributed by atoms with Crippen molar-refractivity contribution in [2.45, 2.75) is 51.0 Å². The highest BCUT2D eigenvalue weighted by Crippen LogP contribution is 2.27. The molecule has 1 heterocycles. The lowest BCUT2D eigenvalue weighted by Gasteiger charge is -2.27. The van der Waals surface area contributed by atoms with E-state index in [1.165, 1.54) is 12.8 Å². The number of aliphatic hydroxyl groups is 1. The fraction of sp³-hybridized carbons (Fsp3) is 0.692. The van der Waals surface area contributed by atoms with E-state index in [4.69, 9.17) is 11.6 Å². The number of anilines is 1. The molecule has 0 aliphatic heterocycles. The second-order valence-corrected chi connectivity index (χ2v) is 5.50. The topological polar surface area (TPSA) is 58.0 Å². The molecule has 0 unspecified atom stereocenters. The Morgan fingerprint density at radius 3 is 2.56 bits per heavy atom. The van der Waals surface area contributed by atoms with Crippen LogP contribution in [0.2, 0.25) is 5.15 Å². The van der Waals surface area contributed by atoms with Crippen molar-refractivity contribution in [2.75, 3.05) is 11.9 Å². The quantitative estimate of drug-likeness (QED) is 0.654. The first kappa shape index (κ1) is 13.6. The first-order chi connectivity index (χ1) is 8.57. The zero-order valence-electron chi connectivity index (χ0n) is 10.7. The third-order valence-electron chi connectivity index (χ3n) is 3.44. The van der Waals surface area contributed by atoms with E-state index in [1.54, 1.807) is 13.0 Å². The summed E-state index contributed by atoms with van der Waals surface area (Å²) in [6.45, 7) is 2.33. The van der Waals surface area contributed by atoms with Crippen LogP contribution in [0.25, 0.3) is 0 Å². The van der Waals surface area contributed by atoms with Gasteiger partial charge in [-0.2, -0.15) is 0 Å². The van der Waals surface area contributed by atoms with Gasteiger partial charge in [0.15, 0.2) is 0 Å². The summed E-state index contributed by atoms with van der Waals surface area (Å²) in [7, 11) is 0. The Labute approximate surface area is 113 Å². The molecule has 4 nitrogen and oxygen atoms in total. The number of nitrogens with one attached hydrogen (secondary N) is 1. The smallest absolute Gasteiger partial charge is 0.134 e. The third-order valence-corrected chi connectivity index (χ3v) is 3.63. The van der Waals surface area contributed by atoms with Gasteiger partial charge in [-0.25, -0.2) is 9.97 Å². The van der Waals surface area contributed by atoms with E-state index in [1.807, 2.05) is 0 Å². The van der Waals surface area contributed by atoms with Gasteiger partial charge in [0, 0.05) is 12.6 Å². The lowest BCUT2D eigenvalue weighted by molar-refractivity contribution is 0.0380. The molecule has 1 aliphatic rings. The zero-order valence-corrected chi connectivity index (χ0v) is 11.5. The van der Waals surface area contributed by atoms with Gasteiger partial charge in [-0.15, -0.1) is 0 Å². The van der Waals surface area contributed by atoms with Crippen LogP contribution in [-0.4, -0.2) is 27.2 Å². The van der Waals surface area contributed by atoms with Gasteiger partial charge >= 0.3 is 0 Å². The lowest BCUT2D eigenvalue weighted by Crippen LogP contribution is -2.36. The van der Waals surface area contributed by atoms with Crippen LogP contribution in [-0.2, 0) is 0 Å². The van der Waals surface area contributed by atoms with E-state index < -0.39 is 5.60 Å². The molecule has 1 aliphatic carbocycles. The number of nitrogens with zero attached hydrogens (tertiary/aromatic N) is 2. The predicted octanol–water partition coefficient (Wildman–Crippen LogP) is 2.94. The van der Waals surface area contributed by atoms with Crippen LogP contribution in [0.15, 0.2) is 6.07 Å². The van der Waals surface area contributed by atoms with Gasteiger partial charge in [-0.05, 0) is 19.8 Å². The largest absolute Gasteiger partial charge is 0.388 e. The molecule has 100 valence electrons. The summed E-state index contributed by atoms with van der Waals surface area (Å²) in [6, 6.07) is 1.69. The van der Waals surface area contributed by atoms with E-state index in [9.17, 15) is 5.11 Å². The van der Waals surface area contributed by atoms with Gasteiger partial charge in [0.25, 0.3) is 0 Å². The molecule has 1 aromatic rings. The Kier molecular flexibility index (Phi) is 4.40. The molecule has 0 radical (unpaired) electrons. The zero-order chi connectivity index (χ0) is 13.0. The number of halogens is 1. The Balaban J connectivity index is 1.97. The van der Waals surface area contributed by atoms with Gasteiger partial charge < -0.3 is 10.4 Å². The fourth-order valence-corrected chi connectivity index (χ4v) is 2.67. The summed E-state index contributed by atoms with van der Waals surface area (Å²) in [4.78, 5) is 8.27. The van der Waals surface area contributed by atoms with Crippen molar-refractivity contribution in [2.24, 2.45) is 0 Å². The highest BCUT2D eigenvalue weighted by atomic mass is 35.5. The van der Waals surface area contributed by atoms with Crippen LogP contribution < -0.4 is 5.32 Å². The third kappa shape index (κ3) is 3.82. The van der Waals surface area contributed by atoms with E-state index >= 15 is 0 Å². The van der Waals surface area contributed by atoms with Gasteiger partial charge in [0.1, 0.15) is 16.8 Å². The molecule has 0 spiro atoms. The van der Waals surface area contributed by atoms with Crippen LogP contribution in [0.5, 0.6) is 0 Å². The molecule has 0 aromatic carbocycles. The minimum atomic E-state index is -0.609. The van der Waals surface area contributed by atoms with Gasteiger partial charge in [-0.1, -0.05) is 37.3 Å². The molecular weight excluding hydrogens is 250 g/mol. The van der Waals surface area contributed by atoms with E-state index in [0.717, 1.165) is 25.7 Å². The Hall–Kier alpha value is -0.870. The van der Waals surface area contributed by atoms with Gasteiger partial charge in [0.2, 0.25) is 0 Å². The van der Waals surface area contributed by atoms with E-state index in [-0.39, 0.29) is 0 Å². The normalized spacial score (nSPS) is 19.3. The maximum absolute atomic E-state index is 10.5. The predicted molar refractivity (Wildman–Crippen MR) is 72.9 cm³/mol. The number of hydrogen-bond acceptors (Lipinski definition) is 4. The summed E-state index contributed by atoms with van der Waals surface area (Å²) in [5.41, 5.74) is -0.609. The molecule has 1 fully saturated rings. The molecule has 2 N–H and O–H groups in total. The van der Waals surface area contributed by atoms with E-state index in [2.05, 4.69) is 15.3 Å². The Bertz CT molecular complexity index is 383. The molecule has 18 heavy (non-hydrogen) atoms. The highest BCUT2D eigenvalue weighted by Gasteiger charge is 2.27. The average molecular weight is 270 g/mol. The average Bonchev–Trinajstić information content (AvgIpc) is 2.51. The Morgan fingerprint density at radius 2 is 1.94 bits per heavy atom. The van der Waals surface area contributed by atoms with Crippen LogP contribution in [0.3, 0.4) is 0 Å². The number of rotatable bonds is 3. The number of aromatic nitrogens is 2. The second-order valence-electron chi connectivity index (χ2n) is 5.12. The fourth-order valence-electron chi connectivity index (χ4n) is 2.44. The molecule has 1 aromatic heterocycles. The van der Waals surface area contributed by atoms with Crippen molar-refractivity contribution in [1.82, 2.24) is 9.97 Å². The van der Waals surface area contributed by atoms with Gasteiger partial charge in [0.05, 0.1) is 5.60 Å². The first-order valence-corrected chi connectivity index (χ1v) is 6.93. The van der Waals surface area contributed by atoms with Gasteiger partial charge in [-0.3, -0.25) is 0 Å². The molecular formula is C13H20ClN3O. The summed E-state index contributed by atoms with van der Waals surface area (Å²) in [6.07, 6.45) is 6.36. The van der Waals surface area contributed by atoms with Crippen molar-refractivity contribution >= 4 is 17.4 Å². The standard InChI is InChI=1S/C13H20ClN3O/c1-10-16-11(14)8-12(17-10)15-9-13(18)6-4-2-3-5-7-13/h8,18H,2-7,9H2,1H3,(H,15,16,17). The van der Waals surface area contributed by atoms with Crippen LogP contribution >= 0.6 is 11.6 Å². The minimum Gasteiger partial charge on any atom is -0.388 e. The SMILES string of the molecule is Cc1nc(Cl)cc(NCC2(O)CCCCCC2)n1. The van der Waals surface area contributed by atoms with Crippen molar-refractivity contribution < 1.29 is 5.11 Å². The molecule has 2 rings (SSSR count). The number of aryl methyl sites for hydroxylation is 1. The maximum Gasteiger partial charge on any atom is 0.134 e. The Morgan fingerprint density at radius 1 is 1.28 bits per heavy atom. The van der Waals surface area contributed by atoms with Crippen molar-refractivity contribution in [3.8, 4) is 0 Å². The van der Waals surface area contributed by atoms with Crippen molar-refractivity contribution in [3.05, 3.63) is 17.0 Å². The summed E-state index contributed by atoms with van der Waals surface area (Å²) < 4.78 is 0. The van der Waals surface area contributed by atoms with Crippen LogP contribution in [0.1, 0.15) is 44.3 Å². The summed E-state index contributed by atoms with van der Waals surface area (Å²) in [5, 5.41) is 14.1. The highest BCUT2D eigenvalue weighted by molar-refractivity contribution is 6.29.